The maximum absolute atomic E-state index is 9.98. The van der Waals surface area contributed by atoms with Crippen molar-refractivity contribution in [3.05, 3.63) is 28.3 Å². The molecule has 3 nitrogen and oxygen atoms in total. The summed E-state index contributed by atoms with van der Waals surface area (Å²) in [7, 11) is 1.59. The van der Waals surface area contributed by atoms with Gasteiger partial charge in [-0.25, -0.2) is 0 Å². The van der Waals surface area contributed by atoms with Gasteiger partial charge in [0.2, 0.25) is 0 Å². The van der Waals surface area contributed by atoms with Crippen molar-refractivity contribution in [3.63, 3.8) is 0 Å². The van der Waals surface area contributed by atoms with Gasteiger partial charge in [0.1, 0.15) is 5.75 Å². The van der Waals surface area contributed by atoms with Crippen molar-refractivity contribution >= 4 is 0 Å². The topological polar surface area (TPSA) is 41.5 Å². The van der Waals surface area contributed by atoms with Gasteiger partial charge < -0.3 is 9.94 Å². The van der Waals surface area contributed by atoms with Gasteiger partial charge in [0.25, 0.3) is 0 Å². The lowest BCUT2D eigenvalue weighted by Crippen LogP contribution is -2.16. The Kier molecular flexibility index (Phi) is 3.46. The minimum atomic E-state index is 0.391. The number of benzene rings is 1. The zero-order valence-electron chi connectivity index (χ0n) is 9.97. The molecular weight excluding hydrogens is 202 g/mol. The molecular formula is C13H19NO2. The molecule has 0 heterocycles. The van der Waals surface area contributed by atoms with Crippen LogP contribution in [-0.2, 0) is 24.2 Å². The van der Waals surface area contributed by atoms with Crippen molar-refractivity contribution in [2.24, 2.45) is 0 Å². The largest absolute Gasteiger partial charge is 0.508 e. The van der Waals surface area contributed by atoms with Gasteiger partial charge in [0.05, 0.1) is 7.11 Å². The van der Waals surface area contributed by atoms with Crippen LogP contribution in [0.2, 0.25) is 0 Å². The smallest absolute Gasteiger partial charge is 0.120 e. The first kappa shape index (κ1) is 11.4. The zero-order valence-corrected chi connectivity index (χ0v) is 9.97. The standard InChI is InChI=1S/C13H19NO2/c1-9-7-13(15)12(8-14-16-2)11-6-4-3-5-10(9)11/h7,14-15H,3-6,8H2,1-2H3. The van der Waals surface area contributed by atoms with Crippen molar-refractivity contribution in [2.45, 2.75) is 39.2 Å². The van der Waals surface area contributed by atoms with Gasteiger partial charge in [-0.15, -0.1) is 0 Å². The van der Waals surface area contributed by atoms with Crippen LogP contribution in [0.5, 0.6) is 5.75 Å². The number of phenolic OH excluding ortho intramolecular Hbond substituents is 1. The Balaban J connectivity index is 2.41. The van der Waals surface area contributed by atoms with Gasteiger partial charge in [-0.3, -0.25) is 0 Å². The summed E-state index contributed by atoms with van der Waals surface area (Å²) in [5, 5.41) is 9.98. The summed E-state index contributed by atoms with van der Waals surface area (Å²) >= 11 is 0. The molecule has 3 heteroatoms. The highest BCUT2D eigenvalue weighted by atomic mass is 16.6. The lowest BCUT2D eigenvalue weighted by atomic mass is 9.85. The quantitative estimate of drug-likeness (QED) is 0.769. The number of nitrogens with one attached hydrogen (secondary N) is 1. The van der Waals surface area contributed by atoms with Crippen molar-refractivity contribution in [1.82, 2.24) is 5.48 Å². The van der Waals surface area contributed by atoms with Crippen LogP contribution in [-0.4, -0.2) is 12.2 Å². The molecule has 1 aromatic rings. The Labute approximate surface area is 96.4 Å². The van der Waals surface area contributed by atoms with Crippen molar-refractivity contribution in [1.29, 1.82) is 0 Å². The second kappa shape index (κ2) is 4.85. The van der Waals surface area contributed by atoms with E-state index in [0.29, 0.717) is 12.3 Å². The van der Waals surface area contributed by atoms with Crippen molar-refractivity contribution in [3.8, 4) is 5.75 Å². The number of hydroxylamine groups is 1. The molecule has 2 rings (SSSR count). The van der Waals surface area contributed by atoms with Crippen LogP contribution in [0.25, 0.3) is 0 Å². The molecule has 0 spiro atoms. The van der Waals surface area contributed by atoms with Gasteiger partial charge in [-0.05, 0) is 55.4 Å². The Morgan fingerprint density at radius 2 is 2.00 bits per heavy atom. The molecule has 1 aromatic carbocycles. The van der Waals surface area contributed by atoms with E-state index in [-0.39, 0.29) is 0 Å². The Morgan fingerprint density at radius 3 is 2.69 bits per heavy atom. The van der Waals surface area contributed by atoms with Gasteiger partial charge in [0.15, 0.2) is 0 Å². The first-order valence-corrected chi connectivity index (χ1v) is 5.83. The highest BCUT2D eigenvalue weighted by Crippen LogP contribution is 2.33. The highest BCUT2D eigenvalue weighted by molar-refractivity contribution is 5.49. The second-order valence-corrected chi connectivity index (χ2v) is 4.38. The minimum absolute atomic E-state index is 0.391. The van der Waals surface area contributed by atoms with Gasteiger partial charge in [-0.2, -0.15) is 5.48 Å². The first-order chi connectivity index (χ1) is 7.74. The molecule has 0 radical (unpaired) electrons. The van der Waals surface area contributed by atoms with E-state index in [1.807, 2.05) is 6.07 Å². The number of fused-ring (bicyclic) bond motifs is 1. The van der Waals surface area contributed by atoms with Crippen molar-refractivity contribution in [2.75, 3.05) is 7.11 Å². The van der Waals surface area contributed by atoms with E-state index in [4.69, 9.17) is 4.84 Å². The second-order valence-electron chi connectivity index (χ2n) is 4.38. The normalized spacial score (nSPS) is 14.9. The lowest BCUT2D eigenvalue weighted by molar-refractivity contribution is 0.0859. The predicted octanol–water partition coefficient (Wildman–Crippen LogP) is 2.23. The maximum atomic E-state index is 9.98. The van der Waals surface area contributed by atoms with E-state index < -0.39 is 0 Å². The first-order valence-electron chi connectivity index (χ1n) is 5.83. The molecule has 2 N–H and O–H groups in total. The summed E-state index contributed by atoms with van der Waals surface area (Å²) in [6, 6.07) is 1.87. The van der Waals surface area contributed by atoms with E-state index in [0.717, 1.165) is 18.4 Å². The molecule has 0 atom stereocenters. The lowest BCUT2D eigenvalue weighted by Gasteiger charge is -2.22. The molecule has 0 saturated carbocycles. The van der Waals surface area contributed by atoms with Crippen LogP contribution in [0.15, 0.2) is 6.07 Å². The molecule has 88 valence electrons. The maximum Gasteiger partial charge on any atom is 0.120 e. The number of aryl methyl sites for hydroxylation is 1. The van der Waals surface area contributed by atoms with Gasteiger partial charge >= 0.3 is 0 Å². The molecule has 0 bridgehead atoms. The molecule has 0 amide bonds. The SMILES string of the molecule is CONCc1c(O)cc(C)c2c1CCCC2. The molecule has 0 aromatic heterocycles. The van der Waals surface area contributed by atoms with Gasteiger partial charge in [-0.1, -0.05) is 0 Å². The third-order valence-electron chi connectivity index (χ3n) is 3.36. The van der Waals surface area contributed by atoms with Crippen LogP contribution in [0, 0.1) is 6.92 Å². The molecule has 0 aliphatic heterocycles. The fraction of sp³-hybridized carbons (Fsp3) is 0.538. The number of aromatic hydroxyl groups is 1. The fourth-order valence-electron chi connectivity index (χ4n) is 2.55. The summed E-state index contributed by atoms with van der Waals surface area (Å²) in [5.74, 6) is 0.391. The Bertz CT molecular complexity index is 388. The Hall–Kier alpha value is -1.06. The van der Waals surface area contributed by atoms with Crippen LogP contribution >= 0.6 is 0 Å². The number of hydrogen-bond donors (Lipinski definition) is 2. The summed E-state index contributed by atoms with van der Waals surface area (Å²) in [6.45, 7) is 2.66. The average Bonchev–Trinajstić information content (AvgIpc) is 2.29. The summed E-state index contributed by atoms with van der Waals surface area (Å²) in [6.07, 6.45) is 4.69. The van der Waals surface area contributed by atoms with E-state index >= 15 is 0 Å². The molecule has 1 aliphatic rings. The molecule has 0 fully saturated rings. The van der Waals surface area contributed by atoms with Crippen LogP contribution in [0.1, 0.15) is 35.1 Å². The van der Waals surface area contributed by atoms with Crippen LogP contribution in [0.3, 0.4) is 0 Å². The monoisotopic (exact) mass is 221 g/mol. The predicted molar refractivity (Wildman–Crippen MR) is 63.3 cm³/mol. The molecule has 0 saturated heterocycles. The third kappa shape index (κ3) is 2.06. The van der Waals surface area contributed by atoms with Crippen LogP contribution < -0.4 is 5.48 Å². The summed E-state index contributed by atoms with van der Waals surface area (Å²) < 4.78 is 0. The Morgan fingerprint density at radius 1 is 1.31 bits per heavy atom. The highest BCUT2D eigenvalue weighted by Gasteiger charge is 2.18. The number of phenols is 1. The van der Waals surface area contributed by atoms with Gasteiger partial charge in [0, 0.05) is 12.1 Å². The third-order valence-corrected chi connectivity index (χ3v) is 3.36. The van der Waals surface area contributed by atoms with E-state index in [2.05, 4.69) is 12.4 Å². The minimum Gasteiger partial charge on any atom is -0.508 e. The molecule has 1 aliphatic carbocycles. The average molecular weight is 221 g/mol. The van der Waals surface area contributed by atoms with E-state index in [1.165, 1.54) is 29.5 Å². The molecule has 0 unspecified atom stereocenters. The summed E-state index contributed by atoms with van der Waals surface area (Å²) in [5.41, 5.74) is 7.79. The van der Waals surface area contributed by atoms with Crippen molar-refractivity contribution < 1.29 is 9.94 Å². The van der Waals surface area contributed by atoms with E-state index in [9.17, 15) is 5.11 Å². The fourth-order valence-corrected chi connectivity index (χ4v) is 2.55. The molecule has 16 heavy (non-hydrogen) atoms. The summed E-state index contributed by atoms with van der Waals surface area (Å²) in [4.78, 5) is 4.86. The van der Waals surface area contributed by atoms with Crippen LogP contribution in [0.4, 0.5) is 0 Å². The van der Waals surface area contributed by atoms with E-state index in [1.54, 1.807) is 7.11 Å². The zero-order chi connectivity index (χ0) is 11.5. The number of hydrogen-bond acceptors (Lipinski definition) is 3. The number of rotatable bonds is 3.